The minimum absolute atomic E-state index is 0.176. The number of allylic oxidation sites excluding steroid dienone is 4. The van der Waals surface area contributed by atoms with Crippen molar-refractivity contribution < 1.29 is 14.3 Å². The fourth-order valence-electron chi connectivity index (χ4n) is 5.70. The number of hydrogen-bond acceptors (Lipinski definition) is 4. The average Bonchev–Trinajstić information content (AvgIpc) is 3.15. The van der Waals surface area contributed by atoms with Crippen LogP contribution in [0.25, 0.3) is 0 Å². The van der Waals surface area contributed by atoms with E-state index in [1.54, 1.807) is 7.11 Å². The predicted octanol–water partition coefficient (Wildman–Crippen LogP) is 6.17. The number of rotatable bonds is 6. The number of aryl methyl sites for hydroxylation is 1. The van der Waals surface area contributed by atoms with Gasteiger partial charge in [-0.05, 0) is 87.9 Å². The third kappa shape index (κ3) is 5.99. The highest BCUT2D eigenvalue weighted by Gasteiger charge is 2.38. The van der Waals surface area contributed by atoms with Gasteiger partial charge in [-0.25, -0.2) is 0 Å². The second-order valence-electron chi connectivity index (χ2n) is 10.6. The molecule has 5 heteroatoms. The number of nitrogens with zero attached hydrogens (tertiary/aromatic N) is 2. The highest BCUT2D eigenvalue weighted by molar-refractivity contribution is 5.94. The minimum Gasteiger partial charge on any atom is -0.493 e. The lowest BCUT2D eigenvalue weighted by Gasteiger charge is -2.47. The van der Waals surface area contributed by atoms with Crippen molar-refractivity contribution in [2.45, 2.75) is 39.0 Å². The van der Waals surface area contributed by atoms with Crippen LogP contribution in [-0.4, -0.2) is 55.5 Å². The van der Waals surface area contributed by atoms with Gasteiger partial charge < -0.3 is 14.4 Å². The molecule has 5 rings (SSSR count). The Labute approximate surface area is 221 Å². The van der Waals surface area contributed by atoms with Crippen molar-refractivity contribution in [2.24, 2.45) is 5.41 Å². The van der Waals surface area contributed by atoms with E-state index >= 15 is 0 Å². The summed E-state index contributed by atoms with van der Waals surface area (Å²) in [5.41, 5.74) is 3.56. The molecule has 37 heavy (non-hydrogen) atoms. The van der Waals surface area contributed by atoms with Gasteiger partial charge in [0, 0.05) is 30.8 Å². The summed E-state index contributed by atoms with van der Waals surface area (Å²) in [6.45, 7) is 6.81. The highest BCUT2D eigenvalue weighted by atomic mass is 16.5. The molecule has 2 aromatic rings. The number of ether oxygens (including phenoxy) is 2. The van der Waals surface area contributed by atoms with E-state index in [0.717, 1.165) is 74.8 Å². The van der Waals surface area contributed by atoms with E-state index in [0.29, 0.717) is 5.41 Å². The Morgan fingerprint density at radius 3 is 2.30 bits per heavy atom. The lowest BCUT2D eigenvalue weighted by Crippen LogP contribution is -2.48. The SMILES string of the molecule is COc1ccccc1OC1=CCC=CC=C1CN1CCC2(CC1)CCN(C(=O)c1ccc(C)cc1)CC2. The molecule has 3 aliphatic rings. The molecule has 0 unspecified atom stereocenters. The van der Waals surface area contributed by atoms with Crippen molar-refractivity contribution in [1.29, 1.82) is 0 Å². The van der Waals surface area contributed by atoms with E-state index in [2.05, 4.69) is 41.0 Å². The summed E-state index contributed by atoms with van der Waals surface area (Å²) in [7, 11) is 1.68. The molecule has 1 spiro atoms. The van der Waals surface area contributed by atoms with E-state index in [9.17, 15) is 4.79 Å². The van der Waals surface area contributed by atoms with Gasteiger partial charge in [-0.3, -0.25) is 9.69 Å². The molecule has 0 aromatic heterocycles. The van der Waals surface area contributed by atoms with Crippen LogP contribution in [0, 0.1) is 12.3 Å². The van der Waals surface area contributed by atoms with Gasteiger partial charge in [0.05, 0.1) is 7.11 Å². The normalized spacial score (nSPS) is 19.7. The van der Waals surface area contributed by atoms with E-state index in [1.165, 1.54) is 24.0 Å². The maximum Gasteiger partial charge on any atom is 0.253 e. The van der Waals surface area contributed by atoms with Gasteiger partial charge in [0.1, 0.15) is 5.76 Å². The molecule has 2 saturated heterocycles. The fraction of sp³-hybridized carbons (Fsp3) is 0.406. The van der Waals surface area contributed by atoms with Crippen LogP contribution in [0.3, 0.4) is 0 Å². The zero-order valence-electron chi connectivity index (χ0n) is 22.1. The van der Waals surface area contributed by atoms with Crippen molar-refractivity contribution in [3.63, 3.8) is 0 Å². The maximum absolute atomic E-state index is 13.0. The monoisotopic (exact) mass is 498 g/mol. The predicted molar refractivity (Wildman–Crippen MR) is 148 cm³/mol. The molecule has 2 aliphatic heterocycles. The van der Waals surface area contributed by atoms with Crippen LogP contribution >= 0.6 is 0 Å². The summed E-state index contributed by atoms with van der Waals surface area (Å²) in [5.74, 6) is 2.58. The molecule has 5 nitrogen and oxygen atoms in total. The van der Waals surface area contributed by atoms with Crippen LogP contribution < -0.4 is 9.47 Å². The molecular weight excluding hydrogens is 460 g/mol. The standard InChI is InChI=1S/C32H38N2O3/c1-25-12-14-26(15-13-25)31(35)34-22-18-32(19-23-34)16-20-33(21-17-32)24-27-8-4-3-5-9-28(27)37-30-11-7-6-10-29(30)36-2/h3-4,6-15H,5,16-24H2,1-2H3. The van der Waals surface area contributed by atoms with Gasteiger partial charge in [-0.1, -0.05) is 48.1 Å². The summed E-state index contributed by atoms with van der Waals surface area (Å²) in [4.78, 5) is 17.6. The Morgan fingerprint density at radius 1 is 0.919 bits per heavy atom. The molecular formula is C32H38N2O3. The molecule has 1 amide bonds. The van der Waals surface area contributed by atoms with E-state index in [1.807, 2.05) is 48.5 Å². The number of carbonyl (C=O) groups excluding carboxylic acids is 1. The van der Waals surface area contributed by atoms with Crippen LogP contribution in [0.5, 0.6) is 11.5 Å². The number of carbonyl (C=O) groups is 1. The molecule has 0 N–H and O–H groups in total. The lowest BCUT2D eigenvalue weighted by molar-refractivity contribution is 0.0320. The molecule has 0 bridgehead atoms. The molecule has 0 radical (unpaired) electrons. The second-order valence-corrected chi connectivity index (χ2v) is 10.6. The van der Waals surface area contributed by atoms with Crippen molar-refractivity contribution in [3.05, 3.63) is 95.3 Å². The quantitative estimate of drug-likeness (QED) is 0.478. The van der Waals surface area contributed by atoms with Gasteiger partial charge in [-0.2, -0.15) is 0 Å². The number of likely N-dealkylation sites (tertiary alicyclic amines) is 2. The van der Waals surface area contributed by atoms with Gasteiger partial charge in [0.25, 0.3) is 5.91 Å². The topological polar surface area (TPSA) is 42.0 Å². The Morgan fingerprint density at radius 2 is 1.59 bits per heavy atom. The minimum atomic E-state index is 0.176. The molecule has 2 aromatic carbocycles. The van der Waals surface area contributed by atoms with E-state index in [4.69, 9.17) is 9.47 Å². The lowest BCUT2D eigenvalue weighted by atomic mass is 9.71. The number of benzene rings is 2. The molecule has 0 saturated carbocycles. The second kappa shape index (κ2) is 11.4. The van der Waals surface area contributed by atoms with Gasteiger partial charge in [-0.15, -0.1) is 0 Å². The number of methoxy groups -OCH3 is 1. The molecule has 194 valence electrons. The Bertz CT molecular complexity index is 1180. The smallest absolute Gasteiger partial charge is 0.253 e. The van der Waals surface area contributed by atoms with E-state index in [-0.39, 0.29) is 5.91 Å². The average molecular weight is 499 g/mol. The van der Waals surface area contributed by atoms with Gasteiger partial charge in [0.2, 0.25) is 0 Å². The number of hydrogen-bond donors (Lipinski definition) is 0. The molecule has 0 atom stereocenters. The van der Waals surface area contributed by atoms with Crippen LogP contribution in [0.15, 0.2) is 84.2 Å². The summed E-state index contributed by atoms with van der Waals surface area (Å²) < 4.78 is 11.9. The first-order valence-electron chi connectivity index (χ1n) is 13.5. The maximum atomic E-state index is 13.0. The Kier molecular flexibility index (Phi) is 7.80. The van der Waals surface area contributed by atoms with Gasteiger partial charge in [0.15, 0.2) is 11.5 Å². The summed E-state index contributed by atoms with van der Waals surface area (Å²) in [6, 6.07) is 15.8. The molecule has 2 heterocycles. The third-order valence-electron chi connectivity index (χ3n) is 8.20. The van der Waals surface area contributed by atoms with Crippen molar-refractivity contribution in [1.82, 2.24) is 9.80 Å². The van der Waals surface area contributed by atoms with E-state index < -0.39 is 0 Å². The first-order chi connectivity index (χ1) is 18.0. The fourth-order valence-corrected chi connectivity index (χ4v) is 5.70. The largest absolute Gasteiger partial charge is 0.493 e. The molecule has 1 aliphatic carbocycles. The Balaban J connectivity index is 1.16. The van der Waals surface area contributed by atoms with Crippen molar-refractivity contribution >= 4 is 5.91 Å². The highest BCUT2D eigenvalue weighted by Crippen LogP contribution is 2.42. The number of para-hydroxylation sites is 2. The molecule has 2 fully saturated rings. The first-order valence-corrected chi connectivity index (χ1v) is 13.5. The zero-order valence-corrected chi connectivity index (χ0v) is 22.1. The van der Waals surface area contributed by atoms with Crippen molar-refractivity contribution in [2.75, 3.05) is 39.8 Å². The number of amides is 1. The van der Waals surface area contributed by atoms with Crippen LogP contribution in [0.2, 0.25) is 0 Å². The van der Waals surface area contributed by atoms with Crippen molar-refractivity contribution in [3.8, 4) is 11.5 Å². The summed E-state index contributed by atoms with van der Waals surface area (Å²) in [5, 5.41) is 0. The van der Waals surface area contributed by atoms with Crippen LogP contribution in [0.4, 0.5) is 0 Å². The van der Waals surface area contributed by atoms with Crippen LogP contribution in [0.1, 0.15) is 48.0 Å². The summed E-state index contributed by atoms with van der Waals surface area (Å²) >= 11 is 0. The number of piperidine rings is 2. The summed E-state index contributed by atoms with van der Waals surface area (Å²) in [6.07, 6.45) is 14.1. The zero-order chi connectivity index (χ0) is 25.7. The third-order valence-corrected chi connectivity index (χ3v) is 8.20. The first kappa shape index (κ1) is 25.3. The van der Waals surface area contributed by atoms with Gasteiger partial charge >= 0.3 is 0 Å². The van der Waals surface area contributed by atoms with Crippen LogP contribution in [-0.2, 0) is 0 Å². The Hall–Kier alpha value is -3.31.